The number of benzene rings is 1. The Labute approximate surface area is 83.5 Å². The summed E-state index contributed by atoms with van der Waals surface area (Å²) < 4.78 is 4.85. The highest BCUT2D eigenvalue weighted by atomic mass is 16.5. The van der Waals surface area contributed by atoms with Crippen LogP contribution < -0.4 is 0 Å². The standard InChI is InChI=1S/C12H12O2/c1-3-5-10-6-8-11(9-7-10)12(13)14-4-2/h5-9H,1,4H2,2H3. The van der Waals surface area contributed by atoms with Crippen LogP contribution in [0, 0.1) is 0 Å². The molecule has 0 heterocycles. The molecule has 0 bridgehead atoms. The molecular weight excluding hydrogens is 176 g/mol. The van der Waals surface area contributed by atoms with Crippen LogP contribution in [0.1, 0.15) is 22.8 Å². The highest BCUT2D eigenvalue weighted by molar-refractivity contribution is 5.89. The zero-order valence-electron chi connectivity index (χ0n) is 8.12. The summed E-state index contributed by atoms with van der Waals surface area (Å²) in [5, 5.41) is 0. The van der Waals surface area contributed by atoms with Gasteiger partial charge in [-0.25, -0.2) is 4.79 Å². The number of carbonyl (C=O) groups excluding carboxylic acids is 1. The molecule has 0 aliphatic rings. The third kappa shape index (κ3) is 2.61. The molecule has 0 unspecified atom stereocenters. The van der Waals surface area contributed by atoms with Crippen molar-refractivity contribution in [3.05, 3.63) is 47.7 Å². The average molecular weight is 188 g/mol. The second-order valence-corrected chi connectivity index (χ2v) is 2.69. The first-order chi connectivity index (χ1) is 6.77. The predicted molar refractivity (Wildman–Crippen MR) is 56.0 cm³/mol. The molecular formula is C12H12O2. The van der Waals surface area contributed by atoms with E-state index < -0.39 is 0 Å². The summed E-state index contributed by atoms with van der Waals surface area (Å²) in [6.07, 6.45) is 1.74. The van der Waals surface area contributed by atoms with E-state index in [-0.39, 0.29) is 5.97 Å². The van der Waals surface area contributed by atoms with Crippen molar-refractivity contribution in [2.45, 2.75) is 6.92 Å². The summed E-state index contributed by atoms with van der Waals surface area (Å²) in [5.74, 6) is -0.290. The van der Waals surface area contributed by atoms with Gasteiger partial charge < -0.3 is 4.74 Å². The number of rotatable bonds is 3. The van der Waals surface area contributed by atoms with Gasteiger partial charge in [-0.1, -0.05) is 18.7 Å². The zero-order chi connectivity index (χ0) is 10.4. The molecule has 0 aliphatic carbocycles. The van der Waals surface area contributed by atoms with E-state index in [1.54, 1.807) is 25.1 Å². The minimum absolute atomic E-state index is 0.290. The highest BCUT2D eigenvalue weighted by Gasteiger charge is 2.04. The van der Waals surface area contributed by atoms with E-state index in [0.717, 1.165) is 5.56 Å². The normalized spacial score (nSPS) is 8.93. The summed E-state index contributed by atoms with van der Waals surface area (Å²) >= 11 is 0. The van der Waals surface area contributed by atoms with Gasteiger partial charge >= 0.3 is 5.97 Å². The van der Waals surface area contributed by atoms with Gasteiger partial charge in [-0.05, 0) is 30.7 Å². The maximum atomic E-state index is 11.3. The number of hydrogen-bond acceptors (Lipinski definition) is 2. The van der Waals surface area contributed by atoms with Crippen molar-refractivity contribution >= 4 is 12.0 Å². The van der Waals surface area contributed by atoms with E-state index >= 15 is 0 Å². The number of ether oxygens (including phenoxy) is 1. The molecule has 0 spiro atoms. The average Bonchev–Trinajstić information content (AvgIpc) is 2.20. The van der Waals surface area contributed by atoms with Crippen molar-refractivity contribution < 1.29 is 9.53 Å². The third-order valence-electron chi connectivity index (χ3n) is 1.69. The fraction of sp³-hybridized carbons (Fsp3) is 0.167. The first-order valence-electron chi connectivity index (χ1n) is 4.41. The zero-order valence-corrected chi connectivity index (χ0v) is 8.12. The highest BCUT2D eigenvalue weighted by Crippen LogP contribution is 2.06. The van der Waals surface area contributed by atoms with Gasteiger partial charge in [-0.15, -0.1) is 5.73 Å². The Balaban J connectivity index is 2.82. The van der Waals surface area contributed by atoms with Crippen molar-refractivity contribution in [2.24, 2.45) is 0 Å². The maximum absolute atomic E-state index is 11.3. The Kier molecular flexibility index (Phi) is 3.71. The van der Waals surface area contributed by atoms with Crippen LogP contribution in [0.3, 0.4) is 0 Å². The van der Waals surface area contributed by atoms with Crippen LogP contribution in [0.4, 0.5) is 0 Å². The smallest absolute Gasteiger partial charge is 0.338 e. The molecule has 0 aliphatic heterocycles. The summed E-state index contributed by atoms with van der Waals surface area (Å²) in [7, 11) is 0. The molecule has 2 nitrogen and oxygen atoms in total. The van der Waals surface area contributed by atoms with Crippen LogP contribution in [0.15, 0.2) is 36.6 Å². The fourth-order valence-electron chi connectivity index (χ4n) is 1.05. The lowest BCUT2D eigenvalue weighted by Crippen LogP contribution is -2.03. The Morgan fingerprint density at radius 3 is 2.64 bits per heavy atom. The quantitative estimate of drug-likeness (QED) is 0.538. The van der Waals surface area contributed by atoms with E-state index in [1.807, 2.05) is 12.1 Å². The summed E-state index contributed by atoms with van der Waals surface area (Å²) in [6.45, 7) is 5.65. The fourth-order valence-corrected chi connectivity index (χ4v) is 1.05. The lowest BCUT2D eigenvalue weighted by atomic mass is 10.1. The minimum atomic E-state index is -0.290. The molecule has 0 aromatic heterocycles. The summed E-state index contributed by atoms with van der Waals surface area (Å²) in [6, 6.07) is 7.09. The van der Waals surface area contributed by atoms with Crippen molar-refractivity contribution in [3.63, 3.8) is 0 Å². The number of carbonyl (C=O) groups is 1. The van der Waals surface area contributed by atoms with Crippen molar-refractivity contribution in [1.29, 1.82) is 0 Å². The van der Waals surface area contributed by atoms with Crippen LogP contribution >= 0.6 is 0 Å². The van der Waals surface area contributed by atoms with Crippen LogP contribution in [-0.4, -0.2) is 12.6 Å². The number of esters is 1. The van der Waals surface area contributed by atoms with E-state index in [1.165, 1.54) is 0 Å². The molecule has 0 N–H and O–H groups in total. The molecule has 1 aromatic rings. The molecule has 0 atom stereocenters. The minimum Gasteiger partial charge on any atom is -0.462 e. The lowest BCUT2D eigenvalue weighted by Gasteiger charge is -2.01. The van der Waals surface area contributed by atoms with Gasteiger partial charge in [0.2, 0.25) is 0 Å². The molecule has 0 fully saturated rings. The van der Waals surface area contributed by atoms with Gasteiger partial charge in [-0.3, -0.25) is 0 Å². The van der Waals surface area contributed by atoms with Gasteiger partial charge in [0.25, 0.3) is 0 Å². The Bertz CT molecular complexity index is 356. The van der Waals surface area contributed by atoms with Crippen LogP contribution in [0.2, 0.25) is 0 Å². The van der Waals surface area contributed by atoms with Gasteiger partial charge in [0.05, 0.1) is 12.2 Å². The molecule has 1 aromatic carbocycles. The second kappa shape index (κ2) is 5.05. The molecule has 0 saturated heterocycles. The molecule has 1 rings (SSSR count). The molecule has 14 heavy (non-hydrogen) atoms. The second-order valence-electron chi connectivity index (χ2n) is 2.69. The maximum Gasteiger partial charge on any atom is 0.338 e. The van der Waals surface area contributed by atoms with Crippen LogP contribution in [0.25, 0.3) is 6.08 Å². The first-order valence-corrected chi connectivity index (χ1v) is 4.41. The third-order valence-corrected chi connectivity index (χ3v) is 1.69. The summed E-state index contributed by atoms with van der Waals surface area (Å²) in [4.78, 5) is 11.3. The molecule has 0 amide bonds. The molecule has 72 valence electrons. The first kappa shape index (κ1) is 10.3. The van der Waals surface area contributed by atoms with Crippen LogP contribution in [-0.2, 0) is 4.74 Å². The van der Waals surface area contributed by atoms with Gasteiger partial charge in [-0.2, -0.15) is 0 Å². The predicted octanol–water partition coefficient (Wildman–Crippen LogP) is 2.66. The van der Waals surface area contributed by atoms with Crippen molar-refractivity contribution in [1.82, 2.24) is 0 Å². The van der Waals surface area contributed by atoms with E-state index in [4.69, 9.17) is 4.74 Å². The Morgan fingerprint density at radius 1 is 1.50 bits per heavy atom. The Hall–Kier alpha value is -1.79. The van der Waals surface area contributed by atoms with E-state index in [9.17, 15) is 4.79 Å². The van der Waals surface area contributed by atoms with Gasteiger partial charge in [0.1, 0.15) is 0 Å². The number of hydrogen-bond donors (Lipinski definition) is 0. The Morgan fingerprint density at radius 2 is 2.14 bits per heavy atom. The van der Waals surface area contributed by atoms with E-state index in [0.29, 0.717) is 12.2 Å². The lowest BCUT2D eigenvalue weighted by molar-refractivity contribution is 0.0526. The van der Waals surface area contributed by atoms with E-state index in [2.05, 4.69) is 12.3 Å². The van der Waals surface area contributed by atoms with Gasteiger partial charge in [0.15, 0.2) is 0 Å². The van der Waals surface area contributed by atoms with Crippen LogP contribution in [0.5, 0.6) is 0 Å². The van der Waals surface area contributed by atoms with Crippen molar-refractivity contribution in [3.8, 4) is 0 Å². The molecule has 0 radical (unpaired) electrons. The molecule has 2 heteroatoms. The van der Waals surface area contributed by atoms with Crippen molar-refractivity contribution in [2.75, 3.05) is 6.61 Å². The molecule has 0 saturated carbocycles. The monoisotopic (exact) mass is 188 g/mol. The summed E-state index contributed by atoms with van der Waals surface area (Å²) in [5.41, 5.74) is 4.20. The van der Waals surface area contributed by atoms with Gasteiger partial charge in [0, 0.05) is 0 Å². The SMILES string of the molecule is C=C=Cc1ccc(C(=O)OCC)cc1. The topological polar surface area (TPSA) is 26.3 Å². The largest absolute Gasteiger partial charge is 0.462 e.